The fraction of sp³-hybridized carbons (Fsp3) is 0.312. The molecule has 6 heteroatoms. The second-order valence-electron chi connectivity index (χ2n) is 9.85. The molecule has 4 rings (SSSR count). The Morgan fingerprint density at radius 2 is 1.84 bits per heavy atom. The molecule has 1 fully saturated rings. The first-order valence-corrected chi connectivity index (χ1v) is 13.3. The van der Waals surface area contributed by atoms with E-state index in [1.165, 1.54) is 7.11 Å². The molecule has 0 saturated carbocycles. The van der Waals surface area contributed by atoms with Crippen molar-refractivity contribution in [1.82, 2.24) is 4.90 Å². The van der Waals surface area contributed by atoms with Crippen molar-refractivity contribution in [2.24, 2.45) is 0 Å². The molecule has 198 valence electrons. The second-order valence-corrected chi connectivity index (χ2v) is 10.3. The van der Waals surface area contributed by atoms with Crippen LogP contribution in [-0.4, -0.2) is 41.6 Å². The summed E-state index contributed by atoms with van der Waals surface area (Å²) in [4.78, 5) is 26.1. The van der Waals surface area contributed by atoms with E-state index >= 15 is 0 Å². The standard InChI is InChI=1S/C32H34ClNO4/c1-21-18-27(33)19-22(2)31(21)26-8-4-7-25(20-26)29(35)15-13-28-14-16-30(36)34(28)17-5-6-23-9-11-24(12-10-23)32(37)38-3/h4,7-13,15,18-20,28-29,35H,5-6,14,16-17H2,1-3H3/b15-13+/t28-,29?/m0/s1. The molecule has 1 saturated heterocycles. The lowest BCUT2D eigenvalue weighted by molar-refractivity contribution is -0.128. The van der Waals surface area contributed by atoms with Crippen LogP contribution in [0.1, 0.15) is 58.0 Å². The van der Waals surface area contributed by atoms with Crippen molar-refractivity contribution in [3.05, 3.63) is 106 Å². The van der Waals surface area contributed by atoms with E-state index < -0.39 is 6.10 Å². The first-order chi connectivity index (χ1) is 18.3. The van der Waals surface area contributed by atoms with Crippen molar-refractivity contribution in [3.8, 4) is 11.1 Å². The Balaban J connectivity index is 1.38. The van der Waals surface area contributed by atoms with Crippen molar-refractivity contribution in [3.63, 3.8) is 0 Å². The van der Waals surface area contributed by atoms with Crippen LogP contribution in [0, 0.1) is 13.8 Å². The topological polar surface area (TPSA) is 66.8 Å². The number of likely N-dealkylation sites (tertiary alicyclic amines) is 1. The summed E-state index contributed by atoms with van der Waals surface area (Å²) >= 11 is 6.21. The van der Waals surface area contributed by atoms with Crippen molar-refractivity contribution in [2.45, 2.75) is 51.7 Å². The van der Waals surface area contributed by atoms with E-state index in [0.29, 0.717) is 18.5 Å². The third-order valence-electron chi connectivity index (χ3n) is 7.14. The predicted molar refractivity (Wildman–Crippen MR) is 151 cm³/mol. The smallest absolute Gasteiger partial charge is 0.337 e. The highest BCUT2D eigenvalue weighted by Crippen LogP contribution is 2.32. The quantitative estimate of drug-likeness (QED) is 0.249. The van der Waals surface area contributed by atoms with E-state index in [9.17, 15) is 14.7 Å². The van der Waals surface area contributed by atoms with Crippen molar-refractivity contribution < 1.29 is 19.4 Å². The molecule has 0 aromatic heterocycles. The average molecular weight is 532 g/mol. The monoisotopic (exact) mass is 531 g/mol. The van der Waals surface area contributed by atoms with Gasteiger partial charge in [0.15, 0.2) is 0 Å². The van der Waals surface area contributed by atoms with Gasteiger partial charge in [-0.1, -0.05) is 54.1 Å². The second kappa shape index (κ2) is 12.4. The maximum Gasteiger partial charge on any atom is 0.337 e. The molecule has 1 aliphatic heterocycles. The van der Waals surface area contributed by atoms with E-state index in [0.717, 1.165) is 57.7 Å². The van der Waals surface area contributed by atoms with E-state index in [2.05, 4.69) is 0 Å². The van der Waals surface area contributed by atoms with Crippen molar-refractivity contribution >= 4 is 23.5 Å². The molecule has 1 N–H and O–H groups in total. The number of benzene rings is 3. The zero-order valence-corrected chi connectivity index (χ0v) is 22.9. The van der Waals surface area contributed by atoms with Gasteiger partial charge in [0.2, 0.25) is 5.91 Å². The van der Waals surface area contributed by atoms with Gasteiger partial charge in [-0.15, -0.1) is 0 Å². The Labute approximate surface area is 229 Å². The third kappa shape index (κ3) is 6.53. The number of hydrogen-bond acceptors (Lipinski definition) is 4. The highest BCUT2D eigenvalue weighted by molar-refractivity contribution is 6.30. The molecule has 1 amide bonds. The lowest BCUT2D eigenvalue weighted by Gasteiger charge is -2.23. The summed E-state index contributed by atoms with van der Waals surface area (Å²) in [6.45, 7) is 4.73. The number of aryl methyl sites for hydroxylation is 3. The van der Waals surface area contributed by atoms with Gasteiger partial charge in [-0.2, -0.15) is 0 Å². The van der Waals surface area contributed by atoms with Gasteiger partial charge in [-0.3, -0.25) is 4.79 Å². The molecule has 1 heterocycles. The Bertz CT molecular complexity index is 1310. The highest BCUT2D eigenvalue weighted by Gasteiger charge is 2.28. The number of hydrogen-bond donors (Lipinski definition) is 1. The van der Waals surface area contributed by atoms with E-state index in [4.69, 9.17) is 16.3 Å². The summed E-state index contributed by atoms with van der Waals surface area (Å²) in [5, 5.41) is 11.7. The zero-order valence-electron chi connectivity index (χ0n) is 22.1. The SMILES string of the molecule is COC(=O)c1ccc(CCCN2C(=O)CC[C@@H]2/C=C/C(O)c2cccc(-c3c(C)cc(Cl)cc3C)c2)cc1. The largest absolute Gasteiger partial charge is 0.465 e. The number of carbonyl (C=O) groups excluding carboxylic acids is 2. The summed E-state index contributed by atoms with van der Waals surface area (Å²) in [5.74, 6) is -0.205. The number of halogens is 1. The fourth-order valence-corrected chi connectivity index (χ4v) is 5.54. The summed E-state index contributed by atoms with van der Waals surface area (Å²) < 4.78 is 4.74. The minimum absolute atomic E-state index is 0.0252. The first-order valence-electron chi connectivity index (χ1n) is 13.0. The Kier molecular flexibility index (Phi) is 9.03. The molecule has 3 aromatic rings. The Hall–Kier alpha value is -3.41. The lowest BCUT2D eigenvalue weighted by Crippen LogP contribution is -2.33. The molecule has 0 radical (unpaired) electrons. The fourth-order valence-electron chi connectivity index (χ4n) is 5.21. The van der Waals surface area contributed by atoms with Crippen LogP contribution >= 0.6 is 11.6 Å². The van der Waals surface area contributed by atoms with Gasteiger partial charge in [0.05, 0.1) is 24.8 Å². The van der Waals surface area contributed by atoms with E-state index in [1.54, 1.807) is 18.2 Å². The molecule has 0 bridgehead atoms. The number of esters is 1. The molecule has 38 heavy (non-hydrogen) atoms. The normalized spacial score (nSPS) is 16.3. The van der Waals surface area contributed by atoms with Crippen LogP contribution in [0.2, 0.25) is 5.02 Å². The van der Waals surface area contributed by atoms with E-state index in [1.807, 2.05) is 73.4 Å². The maximum absolute atomic E-state index is 12.6. The van der Waals surface area contributed by atoms with Crippen LogP contribution in [0.15, 0.2) is 72.8 Å². The van der Waals surface area contributed by atoms with Gasteiger partial charge in [0, 0.05) is 18.0 Å². The summed E-state index contributed by atoms with van der Waals surface area (Å²) in [6.07, 6.45) is 5.88. The number of rotatable bonds is 9. The predicted octanol–water partition coefficient (Wildman–Crippen LogP) is 6.62. The molecular weight excluding hydrogens is 498 g/mol. The van der Waals surface area contributed by atoms with Gasteiger partial charge in [0.25, 0.3) is 0 Å². The van der Waals surface area contributed by atoms with Crippen molar-refractivity contribution in [2.75, 3.05) is 13.7 Å². The Morgan fingerprint density at radius 1 is 1.13 bits per heavy atom. The zero-order chi connectivity index (χ0) is 27.2. The van der Waals surface area contributed by atoms with Crippen molar-refractivity contribution in [1.29, 1.82) is 0 Å². The highest BCUT2D eigenvalue weighted by atomic mass is 35.5. The maximum atomic E-state index is 12.6. The first kappa shape index (κ1) is 27.6. The molecule has 2 atom stereocenters. The minimum Gasteiger partial charge on any atom is -0.465 e. The van der Waals surface area contributed by atoms with Crippen LogP contribution in [0.25, 0.3) is 11.1 Å². The Morgan fingerprint density at radius 3 is 2.53 bits per heavy atom. The van der Waals surface area contributed by atoms with Crippen LogP contribution in [0.3, 0.4) is 0 Å². The summed E-state index contributed by atoms with van der Waals surface area (Å²) in [6, 6.07) is 19.2. The number of ether oxygens (including phenoxy) is 1. The minimum atomic E-state index is -0.770. The molecule has 1 unspecified atom stereocenters. The number of amides is 1. The molecular formula is C32H34ClNO4. The van der Waals surface area contributed by atoms with Crippen LogP contribution in [0.5, 0.6) is 0 Å². The van der Waals surface area contributed by atoms with Gasteiger partial charge in [-0.05, 0) is 96.8 Å². The molecule has 3 aromatic carbocycles. The number of aliphatic hydroxyl groups excluding tert-OH is 1. The van der Waals surface area contributed by atoms with E-state index in [-0.39, 0.29) is 17.9 Å². The molecule has 0 aliphatic carbocycles. The number of carbonyl (C=O) groups is 2. The number of methoxy groups -OCH3 is 1. The molecule has 0 spiro atoms. The van der Waals surface area contributed by atoms with Gasteiger partial charge in [-0.25, -0.2) is 4.79 Å². The number of nitrogens with zero attached hydrogens (tertiary/aromatic N) is 1. The average Bonchev–Trinajstić information content (AvgIpc) is 3.25. The van der Waals surface area contributed by atoms with Gasteiger partial charge >= 0.3 is 5.97 Å². The van der Waals surface area contributed by atoms with Gasteiger partial charge < -0.3 is 14.7 Å². The summed E-state index contributed by atoms with van der Waals surface area (Å²) in [5.41, 5.74) is 6.79. The lowest BCUT2D eigenvalue weighted by atomic mass is 9.93. The van der Waals surface area contributed by atoms with Crippen LogP contribution in [0.4, 0.5) is 0 Å². The summed E-state index contributed by atoms with van der Waals surface area (Å²) in [7, 11) is 1.37. The molecule has 5 nitrogen and oxygen atoms in total. The third-order valence-corrected chi connectivity index (χ3v) is 7.36. The van der Waals surface area contributed by atoms with Crippen LogP contribution < -0.4 is 0 Å². The molecule has 1 aliphatic rings. The van der Waals surface area contributed by atoms with Crippen LogP contribution in [-0.2, 0) is 16.0 Å². The van der Waals surface area contributed by atoms with Gasteiger partial charge in [0.1, 0.15) is 0 Å². The number of aliphatic hydroxyl groups is 1.